The molecular weight excluding hydrogens is 172 g/mol. The van der Waals surface area contributed by atoms with E-state index >= 15 is 0 Å². The van der Waals surface area contributed by atoms with Gasteiger partial charge < -0.3 is 0 Å². The van der Waals surface area contributed by atoms with Crippen LogP contribution in [0.15, 0.2) is 36.4 Å². The zero-order chi connectivity index (χ0) is 9.97. The van der Waals surface area contributed by atoms with Crippen molar-refractivity contribution in [3.63, 3.8) is 0 Å². The molecule has 0 aliphatic carbocycles. The lowest BCUT2D eigenvalue weighted by Crippen LogP contribution is -1.98. The molecule has 14 heavy (non-hydrogen) atoms. The summed E-state index contributed by atoms with van der Waals surface area (Å²) in [5, 5.41) is 4.52. The van der Waals surface area contributed by atoms with E-state index in [-0.39, 0.29) is 0 Å². The van der Waals surface area contributed by atoms with Gasteiger partial charge in [-0.25, -0.2) is 0 Å². The molecule has 1 aromatic carbocycles. The van der Waals surface area contributed by atoms with Gasteiger partial charge in [0.15, 0.2) is 0 Å². The highest BCUT2D eigenvalue weighted by atomic mass is 15.3. The standard InChI is InChI=1S/C12H14N2/c1-3-14-10(2)9-12(13-14)11-7-5-4-6-8-11/h4-9H,3H2,1-2H3. The second-order valence-electron chi connectivity index (χ2n) is 3.35. The first-order valence-corrected chi connectivity index (χ1v) is 4.91. The van der Waals surface area contributed by atoms with E-state index in [4.69, 9.17) is 0 Å². The first-order valence-electron chi connectivity index (χ1n) is 4.91. The van der Waals surface area contributed by atoms with E-state index in [1.807, 2.05) is 22.9 Å². The van der Waals surface area contributed by atoms with E-state index in [2.05, 4.69) is 37.1 Å². The monoisotopic (exact) mass is 186 g/mol. The summed E-state index contributed by atoms with van der Waals surface area (Å²) in [5.74, 6) is 0. The van der Waals surface area contributed by atoms with Crippen molar-refractivity contribution in [2.24, 2.45) is 0 Å². The number of rotatable bonds is 2. The van der Waals surface area contributed by atoms with E-state index in [1.54, 1.807) is 0 Å². The molecule has 0 radical (unpaired) electrons. The predicted octanol–water partition coefficient (Wildman–Crippen LogP) is 2.88. The minimum atomic E-state index is 0.929. The summed E-state index contributed by atoms with van der Waals surface area (Å²) in [6.45, 7) is 5.12. The summed E-state index contributed by atoms with van der Waals surface area (Å²) >= 11 is 0. The molecule has 0 saturated heterocycles. The Morgan fingerprint density at radius 3 is 2.50 bits per heavy atom. The molecule has 0 bridgehead atoms. The fourth-order valence-corrected chi connectivity index (χ4v) is 1.58. The highest BCUT2D eigenvalue weighted by Crippen LogP contribution is 2.17. The van der Waals surface area contributed by atoms with Crippen molar-refractivity contribution in [3.8, 4) is 11.3 Å². The quantitative estimate of drug-likeness (QED) is 0.705. The van der Waals surface area contributed by atoms with Crippen molar-refractivity contribution >= 4 is 0 Å². The van der Waals surface area contributed by atoms with Crippen LogP contribution in [-0.2, 0) is 6.54 Å². The van der Waals surface area contributed by atoms with Gasteiger partial charge in [-0.3, -0.25) is 4.68 Å². The third-order valence-electron chi connectivity index (χ3n) is 2.35. The molecule has 72 valence electrons. The lowest BCUT2D eigenvalue weighted by atomic mass is 10.1. The van der Waals surface area contributed by atoms with Gasteiger partial charge in [0.1, 0.15) is 0 Å². The van der Waals surface area contributed by atoms with Crippen LogP contribution in [0.5, 0.6) is 0 Å². The summed E-state index contributed by atoms with van der Waals surface area (Å²) < 4.78 is 2.02. The second kappa shape index (κ2) is 3.66. The minimum absolute atomic E-state index is 0.929. The normalized spacial score (nSPS) is 10.4. The number of aryl methyl sites for hydroxylation is 2. The summed E-state index contributed by atoms with van der Waals surface area (Å²) in [6.07, 6.45) is 0. The molecule has 0 fully saturated rings. The number of hydrogen-bond acceptors (Lipinski definition) is 1. The fraction of sp³-hybridized carbons (Fsp3) is 0.250. The Morgan fingerprint density at radius 2 is 1.93 bits per heavy atom. The Balaban J connectivity index is 2.43. The van der Waals surface area contributed by atoms with E-state index in [0.29, 0.717) is 0 Å². The molecule has 0 amide bonds. The Morgan fingerprint density at radius 1 is 1.21 bits per heavy atom. The van der Waals surface area contributed by atoms with E-state index in [1.165, 1.54) is 11.3 Å². The topological polar surface area (TPSA) is 17.8 Å². The average Bonchev–Trinajstić information content (AvgIpc) is 2.61. The maximum Gasteiger partial charge on any atom is 0.0925 e. The lowest BCUT2D eigenvalue weighted by Gasteiger charge is -1.97. The highest BCUT2D eigenvalue weighted by Gasteiger charge is 2.03. The predicted molar refractivity (Wildman–Crippen MR) is 58.1 cm³/mol. The molecule has 0 saturated carbocycles. The number of aromatic nitrogens is 2. The summed E-state index contributed by atoms with van der Waals surface area (Å²) in [5.41, 5.74) is 3.46. The maximum absolute atomic E-state index is 4.52. The van der Waals surface area contributed by atoms with Crippen LogP contribution in [0.4, 0.5) is 0 Å². The van der Waals surface area contributed by atoms with Crippen LogP contribution in [0.2, 0.25) is 0 Å². The fourth-order valence-electron chi connectivity index (χ4n) is 1.58. The van der Waals surface area contributed by atoms with Crippen LogP contribution in [0, 0.1) is 6.92 Å². The van der Waals surface area contributed by atoms with Crippen LogP contribution in [0.25, 0.3) is 11.3 Å². The van der Waals surface area contributed by atoms with Gasteiger partial charge in [-0.15, -0.1) is 0 Å². The van der Waals surface area contributed by atoms with Crippen LogP contribution in [-0.4, -0.2) is 9.78 Å². The molecule has 2 aromatic rings. The Hall–Kier alpha value is -1.57. The zero-order valence-electron chi connectivity index (χ0n) is 8.57. The number of benzene rings is 1. The van der Waals surface area contributed by atoms with Crippen LogP contribution >= 0.6 is 0 Å². The van der Waals surface area contributed by atoms with Gasteiger partial charge in [0.25, 0.3) is 0 Å². The minimum Gasteiger partial charge on any atom is -0.270 e. The van der Waals surface area contributed by atoms with E-state index in [0.717, 1.165) is 12.2 Å². The van der Waals surface area contributed by atoms with E-state index < -0.39 is 0 Å². The molecule has 0 spiro atoms. The Labute approximate surface area is 84.2 Å². The van der Waals surface area contributed by atoms with Gasteiger partial charge in [0, 0.05) is 17.8 Å². The van der Waals surface area contributed by atoms with Gasteiger partial charge in [0.05, 0.1) is 5.69 Å². The molecule has 2 rings (SSSR count). The maximum atomic E-state index is 4.52. The molecular formula is C12H14N2. The SMILES string of the molecule is CCn1nc(-c2ccccc2)cc1C. The molecule has 1 heterocycles. The van der Waals surface area contributed by atoms with Gasteiger partial charge in [-0.2, -0.15) is 5.10 Å². The average molecular weight is 186 g/mol. The smallest absolute Gasteiger partial charge is 0.0925 e. The largest absolute Gasteiger partial charge is 0.270 e. The van der Waals surface area contributed by atoms with Gasteiger partial charge in [0.2, 0.25) is 0 Å². The third-order valence-corrected chi connectivity index (χ3v) is 2.35. The molecule has 0 atom stereocenters. The van der Waals surface area contributed by atoms with Gasteiger partial charge in [-0.1, -0.05) is 30.3 Å². The van der Waals surface area contributed by atoms with E-state index in [9.17, 15) is 0 Å². The third kappa shape index (κ3) is 1.55. The Bertz CT molecular complexity index is 415. The van der Waals surface area contributed by atoms with Crippen molar-refractivity contribution in [3.05, 3.63) is 42.1 Å². The number of hydrogen-bond donors (Lipinski definition) is 0. The molecule has 1 aromatic heterocycles. The number of nitrogens with zero attached hydrogens (tertiary/aromatic N) is 2. The highest BCUT2D eigenvalue weighted by molar-refractivity contribution is 5.58. The summed E-state index contributed by atoms with van der Waals surface area (Å²) in [6, 6.07) is 12.4. The van der Waals surface area contributed by atoms with Crippen molar-refractivity contribution in [1.82, 2.24) is 9.78 Å². The molecule has 2 nitrogen and oxygen atoms in total. The summed E-state index contributed by atoms with van der Waals surface area (Å²) in [4.78, 5) is 0. The first-order chi connectivity index (χ1) is 6.81. The molecule has 0 N–H and O–H groups in total. The van der Waals surface area contributed by atoms with Crippen molar-refractivity contribution in [2.75, 3.05) is 0 Å². The molecule has 0 unspecified atom stereocenters. The molecule has 0 aliphatic rings. The molecule has 0 aliphatic heterocycles. The second-order valence-corrected chi connectivity index (χ2v) is 3.35. The van der Waals surface area contributed by atoms with Gasteiger partial charge in [-0.05, 0) is 19.9 Å². The Kier molecular flexibility index (Phi) is 2.35. The van der Waals surface area contributed by atoms with Crippen LogP contribution < -0.4 is 0 Å². The summed E-state index contributed by atoms with van der Waals surface area (Å²) in [7, 11) is 0. The van der Waals surface area contributed by atoms with Crippen molar-refractivity contribution < 1.29 is 0 Å². The van der Waals surface area contributed by atoms with Crippen molar-refractivity contribution in [1.29, 1.82) is 0 Å². The first kappa shape index (κ1) is 9.00. The molecule has 2 heteroatoms. The zero-order valence-corrected chi connectivity index (χ0v) is 8.57. The van der Waals surface area contributed by atoms with Crippen molar-refractivity contribution in [2.45, 2.75) is 20.4 Å². The van der Waals surface area contributed by atoms with Crippen LogP contribution in [0.1, 0.15) is 12.6 Å². The van der Waals surface area contributed by atoms with Crippen LogP contribution in [0.3, 0.4) is 0 Å². The van der Waals surface area contributed by atoms with Gasteiger partial charge >= 0.3 is 0 Å². The lowest BCUT2D eigenvalue weighted by molar-refractivity contribution is 0.642.